The molecule has 0 aliphatic carbocycles. The number of nitrogens with zero attached hydrogens (tertiary/aromatic N) is 1. The van der Waals surface area contributed by atoms with Crippen molar-refractivity contribution in [2.45, 2.75) is 32.0 Å². The Labute approximate surface area is 146 Å². The molecule has 2 heterocycles. The molecule has 1 saturated heterocycles. The standard InChI is InChI=1S/C19H22N2O4/c22-19(23)16-3-1-14(2-4-16)12-20-13-15-5-8-21-18(11-15)25-17-6-9-24-10-7-17/h1-5,8,11,17,20H,6-7,9-10,12-13H2,(H,22,23). The second kappa shape index (κ2) is 8.60. The number of hydrogen-bond donors (Lipinski definition) is 2. The van der Waals surface area contributed by atoms with Crippen LogP contribution in [0.2, 0.25) is 0 Å². The van der Waals surface area contributed by atoms with Crippen LogP contribution in [0.1, 0.15) is 34.3 Å². The van der Waals surface area contributed by atoms with Gasteiger partial charge >= 0.3 is 5.97 Å². The third-order valence-electron chi connectivity index (χ3n) is 4.11. The zero-order chi connectivity index (χ0) is 17.5. The molecule has 1 aromatic heterocycles. The van der Waals surface area contributed by atoms with Crippen molar-refractivity contribution >= 4 is 5.97 Å². The van der Waals surface area contributed by atoms with Gasteiger partial charge < -0.3 is 19.9 Å². The van der Waals surface area contributed by atoms with Crippen molar-refractivity contribution in [3.8, 4) is 5.88 Å². The van der Waals surface area contributed by atoms with Crippen molar-refractivity contribution in [1.29, 1.82) is 0 Å². The zero-order valence-electron chi connectivity index (χ0n) is 14.0. The van der Waals surface area contributed by atoms with E-state index in [0.29, 0.717) is 24.5 Å². The Kier molecular flexibility index (Phi) is 5.98. The lowest BCUT2D eigenvalue weighted by Gasteiger charge is -2.22. The Hall–Kier alpha value is -2.44. The molecule has 0 bridgehead atoms. The van der Waals surface area contributed by atoms with Gasteiger partial charge in [-0.3, -0.25) is 0 Å². The van der Waals surface area contributed by atoms with Gasteiger partial charge in [-0.15, -0.1) is 0 Å². The lowest BCUT2D eigenvalue weighted by atomic mass is 10.1. The summed E-state index contributed by atoms with van der Waals surface area (Å²) in [5.74, 6) is -0.259. The van der Waals surface area contributed by atoms with Crippen LogP contribution in [0.25, 0.3) is 0 Å². The first-order valence-electron chi connectivity index (χ1n) is 8.43. The van der Waals surface area contributed by atoms with E-state index in [1.807, 2.05) is 24.3 Å². The van der Waals surface area contributed by atoms with Gasteiger partial charge in [-0.25, -0.2) is 9.78 Å². The van der Waals surface area contributed by atoms with Gasteiger partial charge in [0.15, 0.2) is 0 Å². The molecule has 6 nitrogen and oxygen atoms in total. The fourth-order valence-electron chi connectivity index (χ4n) is 2.71. The highest BCUT2D eigenvalue weighted by atomic mass is 16.5. The van der Waals surface area contributed by atoms with Gasteiger partial charge in [0, 0.05) is 38.2 Å². The molecule has 0 spiro atoms. The van der Waals surface area contributed by atoms with Crippen molar-refractivity contribution in [2.75, 3.05) is 13.2 Å². The molecule has 132 valence electrons. The monoisotopic (exact) mass is 342 g/mol. The number of carboxylic acids is 1. The highest BCUT2D eigenvalue weighted by molar-refractivity contribution is 5.87. The van der Waals surface area contributed by atoms with Gasteiger partial charge in [0.2, 0.25) is 5.88 Å². The second-order valence-electron chi connectivity index (χ2n) is 6.04. The normalized spacial score (nSPS) is 15.0. The number of aromatic carboxylic acids is 1. The Morgan fingerprint density at radius 3 is 2.60 bits per heavy atom. The first-order valence-corrected chi connectivity index (χ1v) is 8.43. The summed E-state index contributed by atoms with van der Waals surface area (Å²) < 4.78 is 11.3. The fraction of sp³-hybridized carbons (Fsp3) is 0.368. The summed E-state index contributed by atoms with van der Waals surface area (Å²) in [4.78, 5) is 15.1. The van der Waals surface area contributed by atoms with Crippen LogP contribution in [-0.4, -0.2) is 35.4 Å². The summed E-state index contributed by atoms with van der Waals surface area (Å²) in [6, 6.07) is 10.8. The van der Waals surface area contributed by atoms with E-state index in [1.165, 1.54) is 0 Å². The van der Waals surface area contributed by atoms with Crippen LogP contribution in [0.4, 0.5) is 0 Å². The Morgan fingerprint density at radius 1 is 1.16 bits per heavy atom. The summed E-state index contributed by atoms with van der Waals surface area (Å²) in [5.41, 5.74) is 2.43. The number of aromatic nitrogens is 1. The minimum absolute atomic E-state index is 0.178. The highest BCUT2D eigenvalue weighted by Gasteiger charge is 2.15. The molecule has 0 unspecified atom stereocenters. The van der Waals surface area contributed by atoms with E-state index in [9.17, 15) is 4.79 Å². The number of pyridine rings is 1. The topological polar surface area (TPSA) is 80.7 Å². The van der Waals surface area contributed by atoms with E-state index in [-0.39, 0.29) is 6.10 Å². The smallest absolute Gasteiger partial charge is 0.335 e. The molecule has 0 radical (unpaired) electrons. The quantitative estimate of drug-likeness (QED) is 0.805. The zero-order valence-corrected chi connectivity index (χ0v) is 14.0. The lowest BCUT2D eigenvalue weighted by Crippen LogP contribution is -2.26. The summed E-state index contributed by atoms with van der Waals surface area (Å²) >= 11 is 0. The molecular formula is C19H22N2O4. The summed E-state index contributed by atoms with van der Waals surface area (Å²) in [6.45, 7) is 2.84. The summed E-state index contributed by atoms with van der Waals surface area (Å²) in [5, 5.41) is 12.3. The third-order valence-corrected chi connectivity index (χ3v) is 4.11. The summed E-state index contributed by atoms with van der Waals surface area (Å²) in [7, 11) is 0. The Morgan fingerprint density at radius 2 is 1.88 bits per heavy atom. The van der Waals surface area contributed by atoms with Crippen LogP contribution in [0.15, 0.2) is 42.6 Å². The van der Waals surface area contributed by atoms with Crippen LogP contribution in [-0.2, 0) is 17.8 Å². The van der Waals surface area contributed by atoms with E-state index in [0.717, 1.165) is 37.2 Å². The van der Waals surface area contributed by atoms with Crippen LogP contribution < -0.4 is 10.1 Å². The summed E-state index contributed by atoms with van der Waals surface area (Å²) in [6.07, 6.45) is 3.73. The molecule has 2 N–H and O–H groups in total. The molecule has 3 rings (SSSR count). The number of ether oxygens (including phenoxy) is 2. The van der Waals surface area contributed by atoms with Crippen molar-refractivity contribution in [1.82, 2.24) is 10.3 Å². The lowest BCUT2D eigenvalue weighted by molar-refractivity contribution is 0.0237. The fourth-order valence-corrected chi connectivity index (χ4v) is 2.71. The molecule has 1 aromatic carbocycles. The maximum Gasteiger partial charge on any atom is 0.335 e. The molecule has 0 amide bonds. The average Bonchev–Trinajstić information content (AvgIpc) is 2.63. The van der Waals surface area contributed by atoms with Crippen LogP contribution in [0.3, 0.4) is 0 Å². The minimum atomic E-state index is -0.909. The number of nitrogens with one attached hydrogen (secondary N) is 1. The molecule has 1 aliphatic rings. The number of rotatable bonds is 7. The van der Waals surface area contributed by atoms with Crippen molar-refractivity contribution in [3.63, 3.8) is 0 Å². The molecule has 6 heteroatoms. The maximum absolute atomic E-state index is 10.8. The van der Waals surface area contributed by atoms with Gasteiger partial charge in [0.25, 0.3) is 0 Å². The van der Waals surface area contributed by atoms with Crippen LogP contribution in [0.5, 0.6) is 5.88 Å². The molecule has 1 aliphatic heterocycles. The molecular weight excluding hydrogens is 320 g/mol. The molecule has 0 atom stereocenters. The van der Waals surface area contributed by atoms with E-state index in [2.05, 4.69) is 10.3 Å². The van der Waals surface area contributed by atoms with Gasteiger partial charge in [-0.2, -0.15) is 0 Å². The Balaban J connectivity index is 1.49. The second-order valence-corrected chi connectivity index (χ2v) is 6.04. The predicted octanol–water partition coefficient (Wildman–Crippen LogP) is 2.63. The van der Waals surface area contributed by atoms with Gasteiger partial charge in [-0.1, -0.05) is 12.1 Å². The Bertz CT molecular complexity index is 697. The van der Waals surface area contributed by atoms with E-state index in [4.69, 9.17) is 14.6 Å². The van der Waals surface area contributed by atoms with Crippen molar-refractivity contribution < 1.29 is 19.4 Å². The van der Waals surface area contributed by atoms with Crippen molar-refractivity contribution in [2.24, 2.45) is 0 Å². The highest BCUT2D eigenvalue weighted by Crippen LogP contribution is 2.17. The van der Waals surface area contributed by atoms with E-state index >= 15 is 0 Å². The number of carboxylic acid groups (broad SMARTS) is 1. The molecule has 0 saturated carbocycles. The number of carbonyl (C=O) groups is 1. The van der Waals surface area contributed by atoms with E-state index in [1.54, 1.807) is 18.3 Å². The van der Waals surface area contributed by atoms with Crippen LogP contribution in [0, 0.1) is 0 Å². The van der Waals surface area contributed by atoms with Crippen LogP contribution >= 0.6 is 0 Å². The molecule has 25 heavy (non-hydrogen) atoms. The van der Waals surface area contributed by atoms with Gasteiger partial charge in [0.1, 0.15) is 6.10 Å². The predicted molar refractivity (Wildman–Crippen MR) is 92.7 cm³/mol. The molecule has 2 aromatic rings. The molecule has 1 fully saturated rings. The third kappa shape index (κ3) is 5.27. The first-order chi connectivity index (χ1) is 12.2. The minimum Gasteiger partial charge on any atom is -0.478 e. The SMILES string of the molecule is O=C(O)c1ccc(CNCc2ccnc(OC3CCOCC3)c2)cc1. The number of hydrogen-bond acceptors (Lipinski definition) is 5. The average molecular weight is 342 g/mol. The largest absolute Gasteiger partial charge is 0.478 e. The van der Waals surface area contributed by atoms with Gasteiger partial charge in [-0.05, 0) is 29.3 Å². The number of benzene rings is 1. The maximum atomic E-state index is 10.8. The van der Waals surface area contributed by atoms with E-state index < -0.39 is 5.97 Å². The first kappa shape index (κ1) is 17.4. The van der Waals surface area contributed by atoms with Gasteiger partial charge in [0.05, 0.1) is 18.8 Å². The van der Waals surface area contributed by atoms with Crippen molar-refractivity contribution in [3.05, 3.63) is 59.3 Å².